The molecule has 2 aliphatic heterocycles. The van der Waals surface area contributed by atoms with Gasteiger partial charge < -0.3 is 15.0 Å². The topological polar surface area (TPSA) is 156 Å². The van der Waals surface area contributed by atoms with Gasteiger partial charge in [-0.25, -0.2) is 10.6 Å². The number of amides is 5. The number of aryl methyl sites for hydroxylation is 1. The van der Waals surface area contributed by atoms with Gasteiger partial charge in [-0.15, -0.1) is 0 Å². The van der Waals surface area contributed by atoms with Crippen molar-refractivity contribution in [1.82, 2.24) is 25.9 Å². The van der Waals surface area contributed by atoms with Gasteiger partial charge in [0.15, 0.2) is 0 Å². The summed E-state index contributed by atoms with van der Waals surface area (Å²) in [5.41, 5.74) is 3.01. The van der Waals surface area contributed by atoms with E-state index < -0.39 is 23.4 Å². The second-order valence-electron chi connectivity index (χ2n) is 7.73. The first-order valence-electron chi connectivity index (χ1n) is 9.90. The molecule has 0 unspecified atom stereocenters. The smallest absolute Gasteiger partial charge is 0.322 e. The lowest BCUT2D eigenvalue weighted by Gasteiger charge is -2.31. The van der Waals surface area contributed by atoms with Crippen LogP contribution in [0.25, 0.3) is 0 Å². The molecule has 1 aromatic carbocycles. The molecule has 1 fully saturated rings. The van der Waals surface area contributed by atoms with Crippen LogP contribution in [0.15, 0.2) is 36.7 Å². The zero-order valence-corrected chi connectivity index (χ0v) is 17.3. The molecule has 11 heteroatoms. The molecule has 32 heavy (non-hydrogen) atoms. The van der Waals surface area contributed by atoms with Gasteiger partial charge in [0.1, 0.15) is 11.3 Å². The first-order chi connectivity index (χ1) is 15.3. The van der Waals surface area contributed by atoms with E-state index in [9.17, 15) is 19.2 Å². The number of fused-ring (bicyclic) bond motifs is 1. The van der Waals surface area contributed by atoms with Gasteiger partial charge in [-0.3, -0.25) is 30.1 Å². The molecule has 0 saturated carbocycles. The number of ether oxygens (including phenoxy) is 1. The lowest BCUT2D eigenvalue weighted by atomic mass is 9.90. The molecular formula is C21H22N6O5. The number of carbonyl (C=O) groups is 4. The van der Waals surface area contributed by atoms with E-state index in [0.29, 0.717) is 29.8 Å². The molecule has 5 amide bonds. The molecular weight excluding hydrogens is 416 g/mol. The van der Waals surface area contributed by atoms with Gasteiger partial charge in [-0.05, 0) is 42.2 Å². The fourth-order valence-corrected chi connectivity index (χ4v) is 4.00. The number of hydrogen-bond donors (Lipinski definition) is 4. The molecule has 1 atom stereocenters. The minimum Gasteiger partial charge on any atom is -0.497 e. The highest BCUT2D eigenvalue weighted by Gasteiger charge is 2.48. The summed E-state index contributed by atoms with van der Waals surface area (Å²) in [7, 11) is 1.52. The van der Waals surface area contributed by atoms with Crippen LogP contribution in [0.1, 0.15) is 38.3 Å². The van der Waals surface area contributed by atoms with Crippen molar-refractivity contribution in [3.05, 3.63) is 58.9 Å². The Bertz CT molecular complexity index is 1120. The number of nitrogens with two attached hydrogens (primary N) is 1. The maximum atomic E-state index is 13.0. The largest absolute Gasteiger partial charge is 0.497 e. The number of urea groups is 1. The van der Waals surface area contributed by atoms with Gasteiger partial charge in [-0.1, -0.05) is 6.07 Å². The van der Waals surface area contributed by atoms with Gasteiger partial charge in [0.2, 0.25) is 0 Å². The van der Waals surface area contributed by atoms with E-state index in [1.165, 1.54) is 18.2 Å². The number of benzene rings is 1. The van der Waals surface area contributed by atoms with Crippen LogP contribution in [-0.2, 0) is 17.8 Å². The third-order valence-corrected chi connectivity index (χ3v) is 5.70. The Morgan fingerprint density at radius 3 is 2.78 bits per heavy atom. The summed E-state index contributed by atoms with van der Waals surface area (Å²) in [5.74, 6) is 4.50. The van der Waals surface area contributed by atoms with Crippen molar-refractivity contribution in [3.63, 3.8) is 0 Å². The molecule has 4 rings (SSSR count). The Hall–Kier alpha value is -3.99. The number of pyridine rings is 1. The summed E-state index contributed by atoms with van der Waals surface area (Å²) in [6, 6.07) is 6.24. The maximum absolute atomic E-state index is 13.0. The number of hydrogen-bond acceptors (Lipinski definition) is 7. The van der Waals surface area contributed by atoms with Crippen LogP contribution in [0.5, 0.6) is 5.75 Å². The van der Waals surface area contributed by atoms with E-state index >= 15 is 0 Å². The SMILES string of the molecule is COc1ccc2c(c1)C(=O)N(C[C@@]1(CCc3cncc(C(=O)NN)c3)NC(=O)NC1=O)C2. The number of carbonyl (C=O) groups excluding carboxylic acids is 4. The third-order valence-electron chi connectivity index (χ3n) is 5.70. The minimum absolute atomic E-state index is 0.00317. The monoisotopic (exact) mass is 438 g/mol. The van der Waals surface area contributed by atoms with Crippen LogP contribution >= 0.6 is 0 Å². The average Bonchev–Trinajstić information content (AvgIpc) is 3.26. The van der Waals surface area contributed by atoms with Crippen molar-refractivity contribution in [2.75, 3.05) is 13.7 Å². The van der Waals surface area contributed by atoms with Crippen LogP contribution in [0.4, 0.5) is 4.79 Å². The highest BCUT2D eigenvalue weighted by Crippen LogP contribution is 2.30. The predicted molar refractivity (Wildman–Crippen MR) is 111 cm³/mol. The normalized spacial score (nSPS) is 19.4. The van der Waals surface area contributed by atoms with Crippen molar-refractivity contribution in [3.8, 4) is 5.75 Å². The molecule has 0 aliphatic carbocycles. The molecule has 2 aliphatic rings. The number of rotatable bonds is 7. The van der Waals surface area contributed by atoms with Gasteiger partial charge in [0, 0.05) is 24.5 Å². The van der Waals surface area contributed by atoms with Crippen molar-refractivity contribution >= 4 is 23.8 Å². The highest BCUT2D eigenvalue weighted by atomic mass is 16.5. The highest BCUT2D eigenvalue weighted by molar-refractivity contribution is 6.08. The molecule has 0 bridgehead atoms. The summed E-state index contributed by atoms with van der Waals surface area (Å²) < 4.78 is 5.20. The number of nitrogens with one attached hydrogen (secondary N) is 3. The lowest BCUT2D eigenvalue weighted by molar-refractivity contribution is -0.124. The first-order valence-corrected chi connectivity index (χ1v) is 9.90. The Labute approximate surface area is 183 Å². The number of aromatic nitrogens is 1. The molecule has 1 saturated heterocycles. The van der Waals surface area contributed by atoms with Gasteiger partial charge >= 0.3 is 6.03 Å². The number of hydrazine groups is 1. The van der Waals surface area contributed by atoms with E-state index in [1.807, 2.05) is 11.5 Å². The molecule has 1 aromatic heterocycles. The van der Waals surface area contributed by atoms with E-state index in [-0.39, 0.29) is 24.4 Å². The van der Waals surface area contributed by atoms with Crippen LogP contribution in [0, 0.1) is 0 Å². The zero-order chi connectivity index (χ0) is 22.9. The Morgan fingerprint density at radius 1 is 1.28 bits per heavy atom. The van der Waals surface area contributed by atoms with Gasteiger partial charge in [-0.2, -0.15) is 0 Å². The second kappa shape index (κ2) is 8.27. The Balaban J connectivity index is 1.55. The zero-order valence-electron chi connectivity index (χ0n) is 17.3. The number of imide groups is 1. The van der Waals surface area contributed by atoms with Crippen molar-refractivity contribution < 1.29 is 23.9 Å². The second-order valence-corrected chi connectivity index (χ2v) is 7.73. The fraction of sp³-hybridized carbons (Fsp3) is 0.286. The average molecular weight is 438 g/mol. The van der Waals surface area contributed by atoms with Crippen molar-refractivity contribution in [1.29, 1.82) is 0 Å². The summed E-state index contributed by atoms with van der Waals surface area (Å²) in [6.45, 7) is 0.313. The van der Waals surface area contributed by atoms with E-state index in [1.54, 1.807) is 24.4 Å². The van der Waals surface area contributed by atoms with E-state index in [0.717, 1.165) is 5.56 Å². The standard InChI is InChI=1S/C21H22N6O5/c1-32-15-3-2-13-10-27(18(29)16(13)7-15)11-21(19(30)24-20(31)25-21)5-4-12-6-14(9-23-8-12)17(28)26-22/h2-3,6-9H,4-5,10-11,22H2,1H3,(H,26,28)(H2,24,25,30,31)/t21-/m1/s1. The minimum atomic E-state index is -1.31. The lowest BCUT2D eigenvalue weighted by Crippen LogP contribution is -2.55. The van der Waals surface area contributed by atoms with Crippen LogP contribution in [0.2, 0.25) is 0 Å². The van der Waals surface area contributed by atoms with Crippen molar-refractivity contribution in [2.45, 2.75) is 24.9 Å². The third kappa shape index (κ3) is 3.85. The molecule has 0 radical (unpaired) electrons. The summed E-state index contributed by atoms with van der Waals surface area (Å²) in [5, 5.41) is 4.96. The van der Waals surface area contributed by atoms with Gasteiger partial charge in [0.25, 0.3) is 17.7 Å². The quantitative estimate of drug-likeness (QED) is 0.203. The molecule has 5 N–H and O–H groups in total. The molecule has 2 aromatic rings. The number of nitrogens with zero attached hydrogens (tertiary/aromatic N) is 2. The Morgan fingerprint density at radius 2 is 2.09 bits per heavy atom. The van der Waals surface area contributed by atoms with E-state index in [2.05, 4.69) is 15.6 Å². The number of methoxy groups -OCH3 is 1. The first kappa shape index (κ1) is 21.2. The predicted octanol–water partition coefficient (Wildman–Crippen LogP) is -0.139. The Kier molecular flexibility index (Phi) is 5.49. The van der Waals surface area contributed by atoms with Crippen LogP contribution in [-0.4, -0.2) is 52.8 Å². The van der Waals surface area contributed by atoms with E-state index in [4.69, 9.17) is 10.6 Å². The summed E-state index contributed by atoms with van der Waals surface area (Å²) in [6.07, 6.45) is 3.47. The molecule has 0 spiro atoms. The maximum Gasteiger partial charge on any atom is 0.322 e. The van der Waals surface area contributed by atoms with Gasteiger partial charge in [0.05, 0.1) is 19.2 Å². The number of nitrogen functional groups attached to an aromatic ring is 1. The molecule has 11 nitrogen and oxygen atoms in total. The molecule has 166 valence electrons. The fourth-order valence-electron chi connectivity index (χ4n) is 4.00. The van der Waals surface area contributed by atoms with Crippen molar-refractivity contribution in [2.24, 2.45) is 5.84 Å². The summed E-state index contributed by atoms with van der Waals surface area (Å²) in [4.78, 5) is 55.0. The molecule has 3 heterocycles. The van der Waals surface area contributed by atoms with Crippen LogP contribution < -0.4 is 26.6 Å². The van der Waals surface area contributed by atoms with Crippen LogP contribution in [0.3, 0.4) is 0 Å². The summed E-state index contributed by atoms with van der Waals surface area (Å²) >= 11 is 0.